The fourth-order valence-electron chi connectivity index (χ4n) is 1.38. The predicted molar refractivity (Wildman–Crippen MR) is 76.9 cm³/mol. The summed E-state index contributed by atoms with van der Waals surface area (Å²) in [5, 5.41) is 2.38. The number of hydrogen-bond acceptors (Lipinski definition) is 3. The number of alkyl halides is 3. The minimum atomic E-state index is -4.27. The van der Waals surface area contributed by atoms with Crippen molar-refractivity contribution in [1.29, 1.82) is 0 Å². The normalized spacial score (nSPS) is 12.4. The van der Waals surface area contributed by atoms with Crippen molar-refractivity contribution in [3.05, 3.63) is 35.4 Å². The van der Waals surface area contributed by atoms with E-state index in [0.29, 0.717) is 5.56 Å². The highest BCUT2D eigenvalue weighted by atomic mass is 35.5. The van der Waals surface area contributed by atoms with Gasteiger partial charge < -0.3 is 11.1 Å². The van der Waals surface area contributed by atoms with Crippen molar-refractivity contribution in [2.45, 2.75) is 18.5 Å². The molecule has 0 fully saturated rings. The average molecular weight is 329 g/mol. The van der Waals surface area contributed by atoms with E-state index >= 15 is 0 Å². The third-order valence-corrected chi connectivity index (χ3v) is 3.12. The molecule has 8 heteroatoms. The molecule has 114 valence electrons. The highest BCUT2D eigenvalue weighted by molar-refractivity contribution is 8.00. The monoisotopic (exact) mass is 328 g/mol. The Morgan fingerprint density at radius 1 is 1.35 bits per heavy atom. The zero-order chi connectivity index (χ0) is 14.5. The van der Waals surface area contributed by atoms with Crippen molar-refractivity contribution >= 4 is 30.1 Å². The number of rotatable bonds is 5. The van der Waals surface area contributed by atoms with Gasteiger partial charge in [0.15, 0.2) is 0 Å². The second kappa shape index (κ2) is 8.39. The Labute approximate surface area is 125 Å². The summed E-state index contributed by atoms with van der Waals surface area (Å²) in [6, 6.07) is 6.23. The molecule has 1 rings (SSSR count). The van der Waals surface area contributed by atoms with E-state index in [-0.39, 0.29) is 36.5 Å². The van der Waals surface area contributed by atoms with Gasteiger partial charge in [-0.3, -0.25) is 4.79 Å². The summed E-state index contributed by atoms with van der Waals surface area (Å²) in [5.74, 6) is -0.706. The number of thioether (sulfide) groups is 1. The average Bonchev–Trinajstić information content (AvgIpc) is 2.33. The van der Waals surface area contributed by atoms with Gasteiger partial charge in [-0.2, -0.15) is 13.2 Å². The fraction of sp³-hybridized carbons (Fsp3) is 0.417. The Morgan fingerprint density at radius 2 is 1.90 bits per heavy atom. The number of aryl methyl sites for hydroxylation is 1. The second-order valence-electron chi connectivity index (χ2n) is 3.97. The summed E-state index contributed by atoms with van der Waals surface area (Å²) < 4.78 is 35.6. The molecular weight excluding hydrogens is 313 g/mol. The third-order valence-electron chi connectivity index (χ3n) is 2.39. The molecular formula is C12H16ClF3N2OS. The smallest absolute Gasteiger partial charge is 0.354 e. The van der Waals surface area contributed by atoms with Gasteiger partial charge in [0.1, 0.15) is 6.04 Å². The van der Waals surface area contributed by atoms with Gasteiger partial charge in [-0.25, -0.2) is 0 Å². The molecule has 0 aliphatic rings. The lowest BCUT2D eigenvalue weighted by atomic mass is 10.1. The molecule has 0 radical (unpaired) electrons. The molecule has 1 aromatic carbocycles. The van der Waals surface area contributed by atoms with E-state index in [1.807, 2.05) is 19.1 Å². The molecule has 0 aliphatic carbocycles. The Balaban J connectivity index is 0.00000361. The maximum absolute atomic E-state index is 11.9. The Kier molecular flexibility index (Phi) is 8.00. The summed E-state index contributed by atoms with van der Waals surface area (Å²) in [4.78, 5) is 11.6. The Morgan fingerprint density at radius 3 is 2.40 bits per heavy atom. The summed E-state index contributed by atoms with van der Waals surface area (Å²) in [5.41, 5.74) is 3.11. The van der Waals surface area contributed by atoms with Crippen LogP contribution in [-0.2, 0) is 4.79 Å². The van der Waals surface area contributed by atoms with E-state index in [2.05, 4.69) is 5.32 Å². The lowest BCUT2D eigenvalue weighted by Gasteiger charge is -2.13. The highest BCUT2D eigenvalue weighted by Gasteiger charge is 2.27. The maximum atomic E-state index is 11.9. The largest absolute Gasteiger partial charge is 0.441 e. The van der Waals surface area contributed by atoms with Crippen LogP contribution in [0.5, 0.6) is 0 Å². The van der Waals surface area contributed by atoms with E-state index in [0.717, 1.165) is 5.56 Å². The van der Waals surface area contributed by atoms with Crippen LogP contribution in [0.2, 0.25) is 0 Å². The molecule has 0 spiro atoms. The summed E-state index contributed by atoms with van der Waals surface area (Å²) >= 11 is -0.170. The van der Waals surface area contributed by atoms with Crippen molar-refractivity contribution in [3.63, 3.8) is 0 Å². The summed E-state index contributed by atoms with van der Waals surface area (Å²) in [6.45, 7) is 1.84. The minimum Gasteiger partial charge on any atom is -0.354 e. The lowest BCUT2D eigenvalue weighted by Crippen LogP contribution is -2.35. The molecule has 1 amide bonds. The van der Waals surface area contributed by atoms with E-state index in [1.165, 1.54) is 0 Å². The van der Waals surface area contributed by atoms with Gasteiger partial charge in [-0.15, -0.1) is 12.4 Å². The second-order valence-corrected chi connectivity index (χ2v) is 5.13. The van der Waals surface area contributed by atoms with Crippen LogP contribution >= 0.6 is 24.2 Å². The number of hydrogen-bond donors (Lipinski definition) is 2. The molecule has 1 atom stereocenters. The van der Waals surface area contributed by atoms with Crippen molar-refractivity contribution in [1.82, 2.24) is 5.32 Å². The van der Waals surface area contributed by atoms with Gasteiger partial charge in [0.25, 0.3) is 0 Å². The quantitative estimate of drug-likeness (QED) is 0.817. The first kappa shape index (κ1) is 19.1. The van der Waals surface area contributed by atoms with E-state index in [4.69, 9.17) is 5.73 Å². The lowest BCUT2D eigenvalue weighted by molar-refractivity contribution is -0.122. The fourth-order valence-corrected chi connectivity index (χ4v) is 1.81. The molecule has 20 heavy (non-hydrogen) atoms. The number of nitrogens with one attached hydrogen (secondary N) is 1. The van der Waals surface area contributed by atoms with E-state index in [1.54, 1.807) is 12.1 Å². The zero-order valence-corrected chi connectivity index (χ0v) is 12.4. The van der Waals surface area contributed by atoms with Gasteiger partial charge >= 0.3 is 5.51 Å². The minimum absolute atomic E-state index is 0. The number of carbonyl (C=O) groups excluding carboxylic acids is 1. The maximum Gasteiger partial charge on any atom is 0.441 e. The van der Waals surface area contributed by atoms with E-state index < -0.39 is 17.5 Å². The van der Waals surface area contributed by atoms with Gasteiger partial charge in [0.05, 0.1) is 0 Å². The van der Waals surface area contributed by atoms with Crippen molar-refractivity contribution in [3.8, 4) is 0 Å². The number of halogens is 4. The van der Waals surface area contributed by atoms with Gasteiger partial charge in [-0.1, -0.05) is 29.8 Å². The number of carbonyl (C=O) groups is 1. The van der Waals surface area contributed by atoms with Gasteiger partial charge in [0, 0.05) is 12.3 Å². The topological polar surface area (TPSA) is 55.1 Å². The Hall–Kier alpha value is -0.920. The van der Waals surface area contributed by atoms with Crippen molar-refractivity contribution in [2.75, 3.05) is 12.3 Å². The van der Waals surface area contributed by atoms with Crippen LogP contribution in [0.15, 0.2) is 24.3 Å². The zero-order valence-electron chi connectivity index (χ0n) is 10.7. The van der Waals surface area contributed by atoms with Crippen LogP contribution in [0, 0.1) is 6.92 Å². The predicted octanol–water partition coefficient (Wildman–Crippen LogP) is 2.79. The van der Waals surface area contributed by atoms with Crippen LogP contribution in [0.1, 0.15) is 17.2 Å². The first-order valence-electron chi connectivity index (χ1n) is 5.60. The molecule has 3 N–H and O–H groups in total. The van der Waals surface area contributed by atoms with Crippen LogP contribution in [0.3, 0.4) is 0 Å². The molecule has 0 saturated carbocycles. The molecule has 0 heterocycles. The SMILES string of the molecule is Cc1ccc(C(N)C(=O)NCCSC(F)(F)F)cc1.Cl. The first-order valence-corrected chi connectivity index (χ1v) is 6.59. The molecule has 0 bridgehead atoms. The standard InChI is InChI=1S/C12H15F3N2OS.ClH/c1-8-2-4-9(5-3-8)10(16)11(18)17-6-7-19-12(13,14)15;/h2-5,10H,6-7,16H2,1H3,(H,17,18);1H. The first-order chi connectivity index (χ1) is 8.79. The third kappa shape index (κ3) is 7.02. The number of amides is 1. The van der Waals surface area contributed by atoms with Gasteiger partial charge in [-0.05, 0) is 24.2 Å². The van der Waals surface area contributed by atoms with Crippen LogP contribution in [-0.4, -0.2) is 23.7 Å². The molecule has 0 saturated heterocycles. The number of nitrogens with two attached hydrogens (primary N) is 1. The summed E-state index contributed by atoms with van der Waals surface area (Å²) in [6.07, 6.45) is 0. The van der Waals surface area contributed by atoms with Crippen LogP contribution in [0.25, 0.3) is 0 Å². The van der Waals surface area contributed by atoms with Crippen molar-refractivity contribution < 1.29 is 18.0 Å². The Bertz CT molecular complexity index is 426. The molecule has 0 aliphatic heterocycles. The molecule has 0 aromatic heterocycles. The number of benzene rings is 1. The van der Waals surface area contributed by atoms with Crippen molar-refractivity contribution in [2.24, 2.45) is 5.73 Å². The van der Waals surface area contributed by atoms with Gasteiger partial charge in [0.2, 0.25) is 5.91 Å². The van der Waals surface area contributed by atoms with Crippen LogP contribution < -0.4 is 11.1 Å². The molecule has 3 nitrogen and oxygen atoms in total. The summed E-state index contributed by atoms with van der Waals surface area (Å²) in [7, 11) is 0. The molecule has 1 unspecified atom stereocenters. The van der Waals surface area contributed by atoms with E-state index in [9.17, 15) is 18.0 Å². The highest BCUT2D eigenvalue weighted by Crippen LogP contribution is 2.29. The van der Waals surface area contributed by atoms with Crippen LogP contribution in [0.4, 0.5) is 13.2 Å². The molecule has 1 aromatic rings.